The van der Waals surface area contributed by atoms with Crippen LogP contribution in [0.3, 0.4) is 0 Å². The Morgan fingerprint density at radius 1 is 1.20 bits per heavy atom. The molecule has 2 aliphatic rings. The van der Waals surface area contributed by atoms with Crippen LogP contribution in [0, 0.1) is 5.82 Å². The SMILES string of the molecule is O=C1CC(C(=O)NC2(C(=O)O)CCCCCC2)c2ccc(F)cc2N1. The van der Waals surface area contributed by atoms with Gasteiger partial charge in [-0.3, -0.25) is 9.59 Å². The number of carboxylic acids is 1. The first-order valence-electron chi connectivity index (χ1n) is 8.56. The van der Waals surface area contributed by atoms with E-state index in [2.05, 4.69) is 10.6 Å². The number of hydrogen-bond donors (Lipinski definition) is 3. The standard InChI is InChI=1S/C18H21FN2O4/c19-11-5-6-12-13(10-15(22)20-14(12)9-11)16(23)21-18(17(24)25)7-3-1-2-4-8-18/h5-6,9,13H,1-4,7-8,10H2,(H,20,22)(H,21,23)(H,24,25). The molecule has 1 aromatic rings. The molecule has 0 radical (unpaired) electrons. The topological polar surface area (TPSA) is 95.5 Å². The van der Waals surface area contributed by atoms with Gasteiger partial charge in [0.25, 0.3) is 0 Å². The molecule has 1 aliphatic heterocycles. The van der Waals surface area contributed by atoms with Crippen molar-refractivity contribution in [3.8, 4) is 0 Å². The van der Waals surface area contributed by atoms with Crippen LogP contribution in [-0.4, -0.2) is 28.4 Å². The Morgan fingerprint density at radius 3 is 2.52 bits per heavy atom. The average Bonchev–Trinajstić information content (AvgIpc) is 2.80. The van der Waals surface area contributed by atoms with E-state index in [9.17, 15) is 23.9 Å². The molecule has 134 valence electrons. The third-order valence-corrected chi connectivity index (χ3v) is 5.10. The third kappa shape index (κ3) is 3.50. The lowest BCUT2D eigenvalue weighted by Gasteiger charge is -2.32. The number of halogens is 1. The normalized spacial score (nSPS) is 22.3. The number of nitrogens with one attached hydrogen (secondary N) is 2. The van der Waals surface area contributed by atoms with Crippen LogP contribution in [0.4, 0.5) is 10.1 Å². The molecule has 1 unspecified atom stereocenters. The van der Waals surface area contributed by atoms with Crippen molar-refractivity contribution >= 4 is 23.5 Å². The number of carbonyl (C=O) groups excluding carboxylic acids is 2. The summed E-state index contributed by atoms with van der Waals surface area (Å²) in [5.74, 6) is -3.24. The van der Waals surface area contributed by atoms with Crippen molar-refractivity contribution in [1.82, 2.24) is 5.32 Å². The number of anilines is 1. The second kappa shape index (κ2) is 6.82. The summed E-state index contributed by atoms with van der Waals surface area (Å²) in [5.41, 5.74) is -0.517. The highest BCUT2D eigenvalue weighted by molar-refractivity contribution is 6.02. The number of benzene rings is 1. The van der Waals surface area contributed by atoms with Gasteiger partial charge in [0.15, 0.2) is 0 Å². The molecule has 25 heavy (non-hydrogen) atoms. The molecular formula is C18H21FN2O4. The minimum atomic E-state index is -1.29. The number of rotatable bonds is 3. The quantitative estimate of drug-likeness (QED) is 0.732. The predicted molar refractivity (Wildman–Crippen MR) is 88.6 cm³/mol. The van der Waals surface area contributed by atoms with Gasteiger partial charge in [-0.05, 0) is 30.5 Å². The van der Waals surface area contributed by atoms with Crippen LogP contribution in [0.5, 0.6) is 0 Å². The summed E-state index contributed by atoms with van der Waals surface area (Å²) < 4.78 is 13.4. The first kappa shape index (κ1) is 17.4. The van der Waals surface area contributed by atoms with E-state index in [1.165, 1.54) is 18.2 Å². The van der Waals surface area contributed by atoms with Crippen LogP contribution < -0.4 is 10.6 Å². The van der Waals surface area contributed by atoms with Crippen LogP contribution in [-0.2, 0) is 14.4 Å². The Morgan fingerprint density at radius 2 is 1.88 bits per heavy atom. The number of amides is 2. The first-order chi connectivity index (χ1) is 11.9. The van der Waals surface area contributed by atoms with Gasteiger partial charge in [0.1, 0.15) is 11.4 Å². The minimum Gasteiger partial charge on any atom is -0.480 e. The maximum atomic E-state index is 13.4. The van der Waals surface area contributed by atoms with Gasteiger partial charge in [0.2, 0.25) is 11.8 Å². The van der Waals surface area contributed by atoms with Gasteiger partial charge in [0.05, 0.1) is 5.92 Å². The Kier molecular flexibility index (Phi) is 4.74. The molecule has 2 amide bonds. The molecule has 1 heterocycles. The fraction of sp³-hybridized carbons (Fsp3) is 0.500. The zero-order valence-electron chi connectivity index (χ0n) is 13.8. The van der Waals surface area contributed by atoms with E-state index >= 15 is 0 Å². The smallest absolute Gasteiger partial charge is 0.329 e. The largest absolute Gasteiger partial charge is 0.480 e. The van der Waals surface area contributed by atoms with Crippen LogP contribution in [0.1, 0.15) is 56.4 Å². The van der Waals surface area contributed by atoms with Gasteiger partial charge in [0, 0.05) is 12.1 Å². The van der Waals surface area contributed by atoms with Gasteiger partial charge in [-0.2, -0.15) is 0 Å². The van der Waals surface area contributed by atoms with Crippen LogP contribution >= 0.6 is 0 Å². The van der Waals surface area contributed by atoms with Crippen molar-refractivity contribution in [1.29, 1.82) is 0 Å². The number of hydrogen-bond acceptors (Lipinski definition) is 3. The molecular weight excluding hydrogens is 327 g/mol. The summed E-state index contributed by atoms with van der Waals surface area (Å²) >= 11 is 0. The lowest BCUT2D eigenvalue weighted by molar-refractivity contribution is -0.148. The van der Waals surface area contributed by atoms with Gasteiger partial charge in [-0.25, -0.2) is 9.18 Å². The molecule has 1 saturated carbocycles. The number of aliphatic carboxylic acids is 1. The van der Waals surface area contributed by atoms with E-state index in [4.69, 9.17) is 0 Å². The molecule has 1 atom stereocenters. The van der Waals surface area contributed by atoms with E-state index in [1.807, 2.05) is 0 Å². The van der Waals surface area contributed by atoms with E-state index < -0.39 is 29.2 Å². The monoisotopic (exact) mass is 348 g/mol. The zero-order valence-corrected chi connectivity index (χ0v) is 13.8. The molecule has 0 spiro atoms. The van der Waals surface area contributed by atoms with Gasteiger partial charge in [-0.15, -0.1) is 0 Å². The maximum absolute atomic E-state index is 13.4. The highest BCUT2D eigenvalue weighted by atomic mass is 19.1. The fourth-order valence-electron chi connectivity index (χ4n) is 3.72. The molecule has 6 nitrogen and oxygen atoms in total. The average molecular weight is 348 g/mol. The molecule has 3 rings (SSSR count). The lowest BCUT2D eigenvalue weighted by atomic mass is 9.86. The number of carbonyl (C=O) groups is 3. The Balaban J connectivity index is 1.87. The van der Waals surface area contributed by atoms with E-state index in [0.717, 1.165) is 25.7 Å². The molecule has 3 N–H and O–H groups in total. The Hall–Kier alpha value is -2.44. The summed E-state index contributed by atoms with van der Waals surface area (Å²) in [6.07, 6.45) is 4.03. The van der Waals surface area contributed by atoms with E-state index in [1.54, 1.807) is 0 Å². The molecule has 0 aromatic heterocycles. The predicted octanol–water partition coefficient (Wildman–Crippen LogP) is 2.55. The number of carboxylic acid groups (broad SMARTS) is 1. The molecule has 0 saturated heterocycles. The molecule has 1 aromatic carbocycles. The summed E-state index contributed by atoms with van der Waals surface area (Å²) in [6, 6.07) is 3.87. The van der Waals surface area contributed by atoms with Gasteiger partial charge in [-0.1, -0.05) is 31.7 Å². The van der Waals surface area contributed by atoms with E-state index in [0.29, 0.717) is 18.4 Å². The van der Waals surface area contributed by atoms with Crippen molar-refractivity contribution in [3.63, 3.8) is 0 Å². The third-order valence-electron chi connectivity index (χ3n) is 5.10. The van der Waals surface area contributed by atoms with Crippen LogP contribution in [0.2, 0.25) is 0 Å². The van der Waals surface area contributed by atoms with Gasteiger partial charge < -0.3 is 15.7 Å². The van der Waals surface area contributed by atoms with Crippen LogP contribution in [0.15, 0.2) is 18.2 Å². The van der Waals surface area contributed by atoms with Crippen molar-refractivity contribution in [2.75, 3.05) is 5.32 Å². The Bertz CT molecular complexity index is 711. The molecule has 0 bridgehead atoms. The summed E-state index contributed by atoms with van der Waals surface area (Å²) in [7, 11) is 0. The summed E-state index contributed by atoms with van der Waals surface area (Å²) in [4.78, 5) is 36.6. The molecule has 1 fully saturated rings. The molecule has 1 aliphatic carbocycles. The second-order valence-corrected chi connectivity index (χ2v) is 6.83. The number of fused-ring (bicyclic) bond motifs is 1. The fourth-order valence-corrected chi connectivity index (χ4v) is 3.72. The summed E-state index contributed by atoms with van der Waals surface area (Å²) in [6.45, 7) is 0. The van der Waals surface area contributed by atoms with Crippen molar-refractivity contribution in [3.05, 3.63) is 29.6 Å². The first-order valence-corrected chi connectivity index (χ1v) is 8.56. The maximum Gasteiger partial charge on any atom is 0.329 e. The second-order valence-electron chi connectivity index (χ2n) is 6.83. The zero-order chi connectivity index (χ0) is 18.0. The van der Waals surface area contributed by atoms with Gasteiger partial charge >= 0.3 is 5.97 Å². The molecule has 7 heteroatoms. The highest BCUT2D eigenvalue weighted by Gasteiger charge is 2.42. The van der Waals surface area contributed by atoms with E-state index in [-0.39, 0.29) is 18.0 Å². The van der Waals surface area contributed by atoms with Crippen LogP contribution in [0.25, 0.3) is 0 Å². The van der Waals surface area contributed by atoms with Crippen molar-refractivity contribution < 1.29 is 23.9 Å². The minimum absolute atomic E-state index is 0.0832. The van der Waals surface area contributed by atoms with Crippen molar-refractivity contribution in [2.24, 2.45) is 0 Å². The lowest BCUT2D eigenvalue weighted by Crippen LogP contribution is -2.55. The van der Waals surface area contributed by atoms with Crippen molar-refractivity contribution in [2.45, 2.75) is 56.4 Å². The highest BCUT2D eigenvalue weighted by Crippen LogP contribution is 2.35. The Labute approximate surface area is 144 Å². The summed E-state index contributed by atoms with van der Waals surface area (Å²) in [5, 5.41) is 15.0.